The normalized spacial score (nSPS) is 11.1. The largest absolute Gasteiger partial charge is 0.339 e. The molecular weight excluding hydrogens is 370 g/mol. The van der Waals surface area contributed by atoms with E-state index in [2.05, 4.69) is 25.8 Å². The fourth-order valence-electron chi connectivity index (χ4n) is 2.48. The maximum atomic E-state index is 12.2. The summed E-state index contributed by atoms with van der Waals surface area (Å²) in [7, 11) is 0. The highest BCUT2D eigenvalue weighted by Crippen LogP contribution is 2.19. The number of amides is 2. The van der Waals surface area contributed by atoms with Crippen LogP contribution in [0.3, 0.4) is 0 Å². The van der Waals surface area contributed by atoms with Crippen LogP contribution < -0.4 is 10.6 Å². The van der Waals surface area contributed by atoms with Crippen LogP contribution in [0.25, 0.3) is 0 Å². The highest BCUT2D eigenvalue weighted by atomic mass is 16.5. The lowest BCUT2D eigenvalue weighted by molar-refractivity contribution is -0.116. The maximum Gasteiger partial charge on any atom is 0.257 e. The topological polar surface area (TPSA) is 110 Å². The molecule has 2 amide bonds. The monoisotopic (exact) mass is 393 g/mol. The summed E-state index contributed by atoms with van der Waals surface area (Å²) in [4.78, 5) is 32.7. The molecule has 0 aliphatic heterocycles. The quantitative estimate of drug-likeness (QED) is 0.662. The summed E-state index contributed by atoms with van der Waals surface area (Å²) in [6.45, 7) is 5.98. The minimum absolute atomic E-state index is 0.184. The van der Waals surface area contributed by atoms with Gasteiger partial charge in [-0.1, -0.05) is 32.0 Å². The van der Waals surface area contributed by atoms with E-state index in [1.807, 2.05) is 20.8 Å². The number of carbonyl (C=O) groups is 2. The van der Waals surface area contributed by atoms with E-state index >= 15 is 0 Å². The number of pyridine rings is 1. The lowest BCUT2D eigenvalue weighted by Crippen LogP contribution is -2.15. The van der Waals surface area contributed by atoms with Crippen LogP contribution in [0.1, 0.15) is 49.3 Å². The molecule has 3 aromatic rings. The van der Waals surface area contributed by atoms with E-state index in [9.17, 15) is 9.59 Å². The fourth-order valence-corrected chi connectivity index (χ4v) is 2.48. The molecule has 0 saturated carbocycles. The molecule has 0 atom stereocenters. The van der Waals surface area contributed by atoms with Gasteiger partial charge in [-0.3, -0.25) is 14.6 Å². The summed E-state index contributed by atoms with van der Waals surface area (Å²) in [6.07, 6.45) is 3.65. The van der Waals surface area contributed by atoms with Crippen molar-refractivity contribution in [1.82, 2.24) is 15.1 Å². The molecule has 1 aromatic carbocycles. The number of carbonyl (C=O) groups excluding carboxylic acids is 2. The van der Waals surface area contributed by atoms with Gasteiger partial charge in [-0.15, -0.1) is 0 Å². The summed E-state index contributed by atoms with van der Waals surface area (Å²) in [5, 5.41) is 9.54. The molecule has 2 heterocycles. The first-order valence-electron chi connectivity index (χ1n) is 9.25. The van der Waals surface area contributed by atoms with Gasteiger partial charge in [-0.25, -0.2) is 0 Å². The van der Waals surface area contributed by atoms with Crippen LogP contribution in [-0.4, -0.2) is 26.9 Å². The van der Waals surface area contributed by atoms with Crippen molar-refractivity contribution in [3.63, 3.8) is 0 Å². The lowest BCUT2D eigenvalue weighted by Gasteiger charge is -2.10. The van der Waals surface area contributed by atoms with Crippen LogP contribution in [0, 0.1) is 0 Å². The number of nitrogens with zero attached hydrogens (tertiary/aromatic N) is 3. The molecule has 150 valence electrons. The number of nitrogens with one attached hydrogen (secondary N) is 2. The van der Waals surface area contributed by atoms with Crippen molar-refractivity contribution in [3.8, 4) is 0 Å². The van der Waals surface area contributed by atoms with Crippen molar-refractivity contribution in [1.29, 1.82) is 0 Å². The number of anilines is 2. The minimum atomic E-state index is -0.271. The summed E-state index contributed by atoms with van der Waals surface area (Å²) < 4.78 is 5.20. The van der Waals surface area contributed by atoms with Gasteiger partial charge in [0.05, 0.1) is 5.56 Å². The Morgan fingerprint density at radius 3 is 2.48 bits per heavy atom. The predicted molar refractivity (Wildman–Crippen MR) is 109 cm³/mol. The summed E-state index contributed by atoms with van der Waals surface area (Å²) >= 11 is 0. The molecule has 0 saturated heterocycles. The number of hydrogen-bond acceptors (Lipinski definition) is 6. The Bertz CT molecular complexity index is 993. The maximum absolute atomic E-state index is 12.2. The zero-order valence-corrected chi connectivity index (χ0v) is 16.6. The van der Waals surface area contributed by atoms with E-state index in [-0.39, 0.29) is 23.7 Å². The van der Waals surface area contributed by atoms with Gasteiger partial charge in [-0.05, 0) is 30.3 Å². The zero-order valence-electron chi connectivity index (χ0n) is 16.6. The zero-order chi connectivity index (χ0) is 20.9. The second-order valence-electron chi connectivity index (χ2n) is 7.59. The van der Waals surface area contributed by atoms with Gasteiger partial charge in [-0.2, -0.15) is 4.98 Å². The summed E-state index contributed by atoms with van der Waals surface area (Å²) in [6, 6.07) is 10.3. The molecule has 0 fully saturated rings. The van der Waals surface area contributed by atoms with Crippen LogP contribution in [0.15, 0.2) is 53.3 Å². The second kappa shape index (κ2) is 8.64. The third-order valence-electron chi connectivity index (χ3n) is 4.03. The smallest absolute Gasteiger partial charge is 0.257 e. The van der Waals surface area contributed by atoms with E-state index < -0.39 is 0 Å². The van der Waals surface area contributed by atoms with E-state index in [0.29, 0.717) is 35.1 Å². The van der Waals surface area contributed by atoms with Crippen LogP contribution in [-0.2, 0) is 16.6 Å². The molecule has 0 aliphatic rings. The van der Waals surface area contributed by atoms with Gasteiger partial charge in [0, 0.05) is 42.0 Å². The van der Waals surface area contributed by atoms with Crippen LogP contribution in [0.4, 0.5) is 11.4 Å². The third kappa shape index (κ3) is 5.71. The van der Waals surface area contributed by atoms with Crippen molar-refractivity contribution in [3.05, 3.63) is 66.1 Å². The Morgan fingerprint density at radius 2 is 1.83 bits per heavy atom. The Labute approximate surface area is 168 Å². The number of hydrogen-bond donors (Lipinski definition) is 2. The molecule has 8 nitrogen and oxygen atoms in total. The summed E-state index contributed by atoms with van der Waals surface area (Å²) in [5.41, 5.74) is 1.41. The standard InChI is InChI=1S/C21H23N5O3/c1-21(2,3)20-25-18(29-26-20)10-9-17(27)23-15-7-4-8-16(12-15)24-19(28)14-6-5-11-22-13-14/h4-8,11-13H,9-10H2,1-3H3,(H,23,27)(H,24,28). The van der Waals surface area contributed by atoms with Crippen LogP contribution >= 0.6 is 0 Å². The second-order valence-corrected chi connectivity index (χ2v) is 7.59. The average Bonchev–Trinajstić information content (AvgIpc) is 3.17. The van der Waals surface area contributed by atoms with Gasteiger partial charge in [0.15, 0.2) is 5.82 Å². The van der Waals surface area contributed by atoms with Crippen molar-refractivity contribution < 1.29 is 14.1 Å². The highest BCUT2D eigenvalue weighted by molar-refractivity contribution is 6.04. The fraction of sp³-hybridized carbons (Fsp3) is 0.286. The molecule has 29 heavy (non-hydrogen) atoms. The van der Waals surface area contributed by atoms with Crippen molar-refractivity contribution in [2.45, 2.75) is 39.0 Å². The van der Waals surface area contributed by atoms with Crippen LogP contribution in [0.5, 0.6) is 0 Å². The van der Waals surface area contributed by atoms with Crippen molar-refractivity contribution in [2.24, 2.45) is 0 Å². The van der Waals surface area contributed by atoms with E-state index in [4.69, 9.17) is 4.52 Å². The molecule has 0 radical (unpaired) electrons. The van der Waals surface area contributed by atoms with Crippen molar-refractivity contribution in [2.75, 3.05) is 10.6 Å². The number of aryl methyl sites for hydroxylation is 1. The summed E-state index contributed by atoms with van der Waals surface area (Å²) in [5.74, 6) is 0.594. The van der Waals surface area contributed by atoms with Gasteiger partial charge < -0.3 is 15.2 Å². The van der Waals surface area contributed by atoms with Crippen LogP contribution in [0.2, 0.25) is 0 Å². The third-order valence-corrected chi connectivity index (χ3v) is 4.03. The Balaban J connectivity index is 1.55. The van der Waals surface area contributed by atoms with Gasteiger partial charge >= 0.3 is 0 Å². The number of rotatable bonds is 6. The molecule has 8 heteroatoms. The Hall–Kier alpha value is -3.55. The Morgan fingerprint density at radius 1 is 1.07 bits per heavy atom. The lowest BCUT2D eigenvalue weighted by atomic mass is 9.96. The average molecular weight is 393 g/mol. The SMILES string of the molecule is CC(C)(C)c1noc(CCC(=O)Nc2cccc(NC(=O)c3cccnc3)c2)n1. The number of aromatic nitrogens is 3. The van der Waals surface area contributed by atoms with Gasteiger partial charge in [0.25, 0.3) is 5.91 Å². The number of benzene rings is 1. The Kier molecular flexibility index (Phi) is 6.01. The first-order chi connectivity index (χ1) is 13.8. The molecule has 3 rings (SSSR count). The highest BCUT2D eigenvalue weighted by Gasteiger charge is 2.21. The molecule has 0 bridgehead atoms. The first kappa shape index (κ1) is 20.2. The minimum Gasteiger partial charge on any atom is -0.339 e. The molecule has 2 N–H and O–H groups in total. The van der Waals surface area contributed by atoms with E-state index in [1.54, 1.807) is 42.6 Å². The van der Waals surface area contributed by atoms with E-state index in [1.165, 1.54) is 6.20 Å². The van der Waals surface area contributed by atoms with E-state index in [0.717, 1.165) is 0 Å². The van der Waals surface area contributed by atoms with Crippen molar-refractivity contribution >= 4 is 23.2 Å². The molecule has 0 spiro atoms. The molecular formula is C21H23N5O3. The molecule has 0 unspecified atom stereocenters. The molecule has 0 aliphatic carbocycles. The van der Waals surface area contributed by atoms with Gasteiger partial charge in [0.1, 0.15) is 0 Å². The predicted octanol–water partition coefficient (Wildman–Crippen LogP) is 3.59. The first-order valence-corrected chi connectivity index (χ1v) is 9.25. The molecule has 2 aromatic heterocycles. The van der Waals surface area contributed by atoms with Gasteiger partial charge in [0.2, 0.25) is 11.8 Å².